The molecule has 0 aliphatic carbocycles. The molecule has 9 nitrogen and oxygen atoms in total. The van der Waals surface area contributed by atoms with Crippen LogP contribution in [0.25, 0.3) is 10.9 Å². The summed E-state index contributed by atoms with van der Waals surface area (Å²) in [5, 5.41) is 12.5. The lowest BCUT2D eigenvalue weighted by atomic mass is 10.0. The van der Waals surface area contributed by atoms with Crippen LogP contribution in [0, 0.1) is 0 Å². The number of primary amides is 1. The fraction of sp³-hybridized carbons (Fsp3) is 0.594. The highest BCUT2D eigenvalue weighted by Crippen LogP contribution is 2.17. The number of unbranched alkanes of at least 4 members (excludes halogenated alkanes) is 10. The Labute approximate surface area is 255 Å². The Morgan fingerprint density at radius 3 is 2.14 bits per heavy atom. The van der Waals surface area contributed by atoms with Gasteiger partial charge in [0, 0.05) is 18.0 Å². The highest BCUT2D eigenvalue weighted by atomic mass is 35.5. The fourth-order valence-electron chi connectivity index (χ4n) is 4.85. The van der Waals surface area contributed by atoms with E-state index in [4.69, 9.17) is 15.6 Å². The second-order valence-corrected chi connectivity index (χ2v) is 10.8. The Balaban J connectivity index is 0.00000882. The molecule has 0 aliphatic heterocycles. The minimum absolute atomic E-state index is 0. The molecule has 0 aliphatic rings. The number of fused-ring (bicyclic) bond motifs is 1. The van der Waals surface area contributed by atoms with Crippen LogP contribution in [0.15, 0.2) is 36.5 Å². The van der Waals surface area contributed by atoms with E-state index in [-0.39, 0.29) is 43.7 Å². The van der Waals surface area contributed by atoms with E-state index in [0.29, 0.717) is 6.42 Å². The number of pyridine rings is 1. The number of nitrogens with two attached hydrogens (primary N) is 1. The Morgan fingerprint density at radius 2 is 1.52 bits per heavy atom. The first-order chi connectivity index (χ1) is 19.8. The average Bonchev–Trinajstić information content (AvgIpc) is 2.94. The van der Waals surface area contributed by atoms with Gasteiger partial charge >= 0.3 is 11.9 Å². The molecule has 1 aromatic carbocycles. The number of para-hydroxylation sites is 1. The van der Waals surface area contributed by atoms with Gasteiger partial charge in [-0.2, -0.15) is 0 Å². The topological polar surface area (TPSA) is 149 Å². The zero-order valence-corrected chi connectivity index (χ0v) is 25.7. The van der Waals surface area contributed by atoms with Crippen LogP contribution < -0.4 is 11.1 Å². The Morgan fingerprint density at radius 1 is 0.905 bits per heavy atom. The third-order valence-electron chi connectivity index (χ3n) is 7.17. The second kappa shape index (κ2) is 21.5. The third-order valence-corrected chi connectivity index (χ3v) is 7.17. The van der Waals surface area contributed by atoms with E-state index in [0.717, 1.165) is 36.6 Å². The quantitative estimate of drug-likeness (QED) is 0.102. The number of carboxylic acids is 1. The summed E-state index contributed by atoms with van der Waals surface area (Å²) < 4.78 is 5.66. The van der Waals surface area contributed by atoms with Crippen molar-refractivity contribution in [3.8, 4) is 0 Å². The number of amides is 2. The molecule has 2 amide bonds. The minimum atomic E-state index is -1.07. The Bertz CT molecular complexity index is 1110. The summed E-state index contributed by atoms with van der Waals surface area (Å²) in [5.41, 5.74) is 6.42. The van der Waals surface area contributed by atoms with Gasteiger partial charge in [0.25, 0.3) is 5.91 Å². The summed E-state index contributed by atoms with van der Waals surface area (Å²) in [4.78, 5) is 53.1. The van der Waals surface area contributed by atoms with E-state index in [1.165, 1.54) is 51.1 Å². The van der Waals surface area contributed by atoms with Crippen molar-refractivity contribution in [2.45, 2.75) is 122 Å². The molecule has 0 saturated carbocycles. The van der Waals surface area contributed by atoms with Gasteiger partial charge in [-0.15, -0.1) is 12.4 Å². The lowest BCUT2D eigenvalue weighted by Gasteiger charge is -2.22. The van der Waals surface area contributed by atoms with Gasteiger partial charge in [-0.25, -0.2) is 4.79 Å². The summed E-state index contributed by atoms with van der Waals surface area (Å²) in [6.07, 6.45) is 14.2. The molecule has 1 aromatic heterocycles. The number of halogens is 1. The van der Waals surface area contributed by atoms with Crippen molar-refractivity contribution in [3.05, 3.63) is 42.1 Å². The van der Waals surface area contributed by atoms with Gasteiger partial charge in [0.2, 0.25) is 5.91 Å². The highest BCUT2D eigenvalue weighted by Gasteiger charge is 2.27. The maximum atomic E-state index is 13.1. The third kappa shape index (κ3) is 15.1. The summed E-state index contributed by atoms with van der Waals surface area (Å²) in [7, 11) is 0. The number of ether oxygens (including phenoxy) is 1. The van der Waals surface area contributed by atoms with Crippen LogP contribution in [-0.4, -0.2) is 46.0 Å². The molecule has 234 valence electrons. The number of nitrogens with one attached hydrogen (secondary N) is 1. The van der Waals surface area contributed by atoms with Crippen LogP contribution in [0.1, 0.15) is 120 Å². The van der Waals surface area contributed by atoms with Crippen LogP contribution >= 0.6 is 12.4 Å². The van der Waals surface area contributed by atoms with Gasteiger partial charge in [-0.3, -0.25) is 19.4 Å². The van der Waals surface area contributed by atoms with Crippen LogP contribution in [0.3, 0.4) is 0 Å². The number of carbonyl (C=O) groups is 4. The second-order valence-electron chi connectivity index (χ2n) is 10.8. The molecule has 0 fully saturated rings. The van der Waals surface area contributed by atoms with Gasteiger partial charge < -0.3 is 20.9 Å². The molecule has 0 bridgehead atoms. The number of hydrogen-bond acceptors (Lipinski definition) is 6. The van der Waals surface area contributed by atoms with E-state index < -0.39 is 35.9 Å². The van der Waals surface area contributed by atoms with Gasteiger partial charge in [-0.1, -0.05) is 89.3 Å². The zero-order valence-electron chi connectivity index (χ0n) is 24.9. The Hall–Kier alpha value is -3.20. The van der Waals surface area contributed by atoms with Crippen molar-refractivity contribution in [2.24, 2.45) is 5.73 Å². The van der Waals surface area contributed by atoms with E-state index in [2.05, 4.69) is 17.2 Å². The molecule has 10 heteroatoms. The fourth-order valence-corrected chi connectivity index (χ4v) is 4.85. The predicted octanol–water partition coefficient (Wildman–Crippen LogP) is 6.50. The van der Waals surface area contributed by atoms with Crippen molar-refractivity contribution < 1.29 is 29.0 Å². The van der Waals surface area contributed by atoms with Crippen LogP contribution in [0.4, 0.5) is 0 Å². The average molecular weight is 606 g/mol. The number of aliphatic carboxylic acids is 1. The number of benzene rings is 1. The molecule has 0 saturated heterocycles. The van der Waals surface area contributed by atoms with Crippen molar-refractivity contribution in [1.82, 2.24) is 10.3 Å². The van der Waals surface area contributed by atoms with Gasteiger partial charge in [0.15, 0.2) is 0 Å². The number of carbonyl (C=O) groups excluding carboxylic acids is 3. The number of carboxylic acid groups (broad SMARTS) is 1. The number of aromatic nitrogens is 1. The summed E-state index contributed by atoms with van der Waals surface area (Å²) in [5.74, 6) is -2.78. The van der Waals surface area contributed by atoms with Crippen LogP contribution in [0.2, 0.25) is 0 Å². The van der Waals surface area contributed by atoms with E-state index >= 15 is 0 Å². The summed E-state index contributed by atoms with van der Waals surface area (Å²) in [6.45, 7) is 2.22. The van der Waals surface area contributed by atoms with Crippen LogP contribution in [-0.2, 0) is 19.1 Å². The first kappa shape index (κ1) is 36.8. The van der Waals surface area contributed by atoms with Crippen LogP contribution in [0.5, 0.6) is 0 Å². The van der Waals surface area contributed by atoms with Crippen molar-refractivity contribution in [2.75, 3.05) is 0 Å². The molecule has 2 aromatic rings. The number of hydrogen-bond donors (Lipinski definition) is 3. The van der Waals surface area contributed by atoms with Crippen molar-refractivity contribution in [1.29, 1.82) is 0 Å². The number of rotatable bonds is 22. The Kier molecular flexibility index (Phi) is 18.8. The first-order valence-electron chi connectivity index (χ1n) is 15.2. The highest BCUT2D eigenvalue weighted by molar-refractivity contribution is 5.99. The smallest absolute Gasteiger partial charge is 0.328 e. The lowest BCUT2D eigenvalue weighted by molar-refractivity contribution is -0.153. The molecule has 2 rings (SSSR count). The molecule has 4 N–H and O–H groups in total. The van der Waals surface area contributed by atoms with Gasteiger partial charge in [0.05, 0.1) is 17.5 Å². The lowest BCUT2D eigenvalue weighted by Crippen LogP contribution is -2.43. The molecule has 0 radical (unpaired) electrons. The molecular formula is C32H48ClN3O6. The maximum absolute atomic E-state index is 13.1. The number of nitrogens with zero attached hydrogens (tertiary/aromatic N) is 1. The molecular weight excluding hydrogens is 558 g/mol. The summed E-state index contributed by atoms with van der Waals surface area (Å²) >= 11 is 0. The molecule has 42 heavy (non-hydrogen) atoms. The van der Waals surface area contributed by atoms with Crippen molar-refractivity contribution in [3.63, 3.8) is 0 Å². The minimum Gasteiger partial charge on any atom is -0.481 e. The SMILES string of the molecule is CCCCCCCCCCCCC[C@@H](CC(N)=O)OC(=O)[C@H](CCCC(=O)O)NC(=O)c1cnc2ccccc2c1.Cl. The first-order valence-corrected chi connectivity index (χ1v) is 15.2. The maximum Gasteiger partial charge on any atom is 0.328 e. The summed E-state index contributed by atoms with van der Waals surface area (Å²) in [6, 6.07) is 7.97. The monoisotopic (exact) mass is 605 g/mol. The molecule has 0 spiro atoms. The van der Waals surface area contributed by atoms with E-state index in [1.807, 2.05) is 24.3 Å². The zero-order chi connectivity index (χ0) is 29.9. The predicted molar refractivity (Wildman–Crippen MR) is 167 cm³/mol. The molecule has 0 unspecified atom stereocenters. The van der Waals surface area contributed by atoms with Gasteiger partial charge in [-0.05, 0) is 37.8 Å². The normalized spacial score (nSPS) is 12.2. The number of esters is 1. The standard InChI is InChI=1S/C32H47N3O6.ClH/c1-2-3-4-5-6-7-8-9-10-11-12-17-26(22-29(33)36)41-32(40)28(19-15-20-30(37)38)35-31(39)25-21-24-16-13-14-18-27(24)34-23-25;/h13-14,16,18,21,23,26,28H,2-12,15,17,19-20,22H2,1H3,(H2,33,36)(H,35,39)(H,37,38);1H/t26-,28-;/m0./s1. The van der Waals surface area contributed by atoms with E-state index in [9.17, 15) is 19.2 Å². The molecule has 1 heterocycles. The van der Waals surface area contributed by atoms with Gasteiger partial charge in [0.1, 0.15) is 12.1 Å². The largest absolute Gasteiger partial charge is 0.481 e. The molecule has 2 atom stereocenters. The van der Waals surface area contributed by atoms with Crippen molar-refractivity contribution >= 4 is 47.1 Å². The van der Waals surface area contributed by atoms with E-state index in [1.54, 1.807) is 6.07 Å².